The molecule has 0 fully saturated rings. The van der Waals surface area contributed by atoms with Crippen molar-refractivity contribution in [2.45, 2.75) is 38.6 Å². The van der Waals surface area contributed by atoms with Crippen LogP contribution in [0.2, 0.25) is 0 Å². The molecule has 112 valence electrons. The SMILES string of the molecule is CCCCC(NC(=O)c1ccc2c(c1)CC(=O)N2)C(=O)O. The molecule has 0 spiro atoms. The van der Waals surface area contributed by atoms with Crippen LogP contribution < -0.4 is 10.6 Å². The highest BCUT2D eigenvalue weighted by atomic mass is 16.4. The lowest BCUT2D eigenvalue weighted by Gasteiger charge is -2.14. The molecule has 1 aromatic rings. The summed E-state index contributed by atoms with van der Waals surface area (Å²) in [7, 11) is 0. The van der Waals surface area contributed by atoms with E-state index in [1.165, 1.54) is 0 Å². The number of carboxylic acids is 1. The highest BCUT2D eigenvalue weighted by Crippen LogP contribution is 2.23. The van der Waals surface area contributed by atoms with Crippen LogP contribution in [0.25, 0.3) is 0 Å². The number of rotatable bonds is 6. The molecule has 0 saturated heterocycles. The Morgan fingerprint density at radius 2 is 2.19 bits per heavy atom. The van der Waals surface area contributed by atoms with Crippen LogP contribution in [0.3, 0.4) is 0 Å². The zero-order valence-electron chi connectivity index (χ0n) is 11.8. The van der Waals surface area contributed by atoms with Crippen molar-refractivity contribution in [3.8, 4) is 0 Å². The van der Waals surface area contributed by atoms with Gasteiger partial charge in [0.15, 0.2) is 0 Å². The summed E-state index contributed by atoms with van der Waals surface area (Å²) in [4.78, 5) is 34.5. The standard InChI is InChI=1S/C15H18N2O4/c1-2-3-4-12(15(20)21)17-14(19)9-5-6-11-10(7-9)8-13(18)16-11/h5-7,12H,2-4,8H2,1H3,(H,16,18)(H,17,19)(H,20,21). The third kappa shape index (κ3) is 3.59. The van der Waals surface area contributed by atoms with Gasteiger partial charge >= 0.3 is 5.97 Å². The van der Waals surface area contributed by atoms with Gasteiger partial charge in [-0.3, -0.25) is 9.59 Å². The first-order valence-corrected chi connectivity index (χ1v) is 6.97. The van der Waals surface area contributed by atoms with Crippen LogP contribution in [-0.4, -0.2) is 28.9 Å². The van der Waals surface area contributed by atoms with E-state index in [1.807, 2.05) is 6.92 Å². The van der Waals surface area contributed by atoms with E-state index in [1.54, 1.807) is 18.2 Å². The molecule has 1 heterocycles. The van der Waals surface area contributed by atoms with Crippen LogP contribution in [0.1, 0.15) is 42.1 Å². The molecule has 6 nitrogen and oxygen atoms in total. The summed E-state index contributed by atoms with van der Waals surface area (Å²) in [6.45, 7) is 1.96. The summed E-state index contributed by atoms with van der Waals surface area (Å²) in [5.74, 6) is -1.57. The van der Waals surface area contributed by atoms with Gasteiger partial charge in [0.1, 0.15) is 6.04 Å². The molecule has 2 rings (SSSR count). The Labute approximate surface area is 122 Å². The maximum Gasteiger partial charge on any atom is 0.326 e. The van der Waals surface area contributed by atoms with Gasteiger partial charge in [-0.2, -0.15) is 0 Å². The number of unbranched alkanes of at least 4 members (excludes halogenated alkanes) is 1. The van der Waals surface area contributed by atoms with Crippen LogP contribution in [0.15, 0.2) is 18.2 Å². The monoisotopic (exact) mass is 290 g/mol. The van der Waals surface area contributed by atoms with Crippen molar-refractivity contribution in [1.29, 1.82) is 0 Å². The molecule has 1 unspecified atom stereocenters. The average molecular weight is 290 g/mol. The Hall–Kier alpha value is -2.37. The first-order valence-electron chi connectivity index (χ1n) is 6.97. The number of carbonyl (C=O) groups excluding carboxylic acids is 2. The van der Waals surface area contributed by atoms with Crippen molar-refractivity contribution in [3.05, 3.63) is 29.3 Å². The Bertz CT molecular complexity index is 583. The van der Waals surface area contributed by atoms with Gasteiger partial charge in [0.2, 0.25) is 5.91 Å². The number of aliphatic carboxylic acids is 1. The molecule has 0 radical (unpaired) electrons. The number of hydrogen-bond donors (Lipinski definition) is 3. The van der Waals surface area contributed by atoms with Crippen LogP contribution in [0.5, 0.6) is 0 Å². The molecule has 6 heteroatoms. The molecule has 0 bridgehead atoms. The number of benzene rings is 1. The van der Waals surface area contributed by atoms with Crippen molar-refractivity contribution < 1.29 is 19.5 Å². The lowest BCUT2D eigenvalue weighted by Crippen LogP contribution is -2.40. The fourth-order valence-corrected chi connectivity index (χ4v) is 2.28. The van der Waals surface area contributed by atoms with Crippen molar-refractivity contribution in [2.75, 3.05) is 5.32 Å². The highest BCUT2D eigenvalue weighted by molar-refractivity contribution is 6.02. The molecule has 0 aromatic heterocycles. The lowest BCUT2D eigenvalue weighted by atomic mass is 10.1. The quantitative estimate of drug-likeness (QED) is 0.740. The summed E-state index contributed by atoms with van der Waals surface area (Å²) < 4.78 is 0. The van der Waals surface area contributed by atoms with E-state index in [9.17, 15) is 14.4 Å². The van der Waals surface area contributed by atoms with Crippen molar-refractivity contribution in [1.82, 2.24) is 5.32 Å². The third-order valence-corrected chi connectivity index (χ3v) is 3.44. The molecule has 3 N–H and O–H groups in total. The van der Waals surface area contributed by atoms with E-state index in [0.717, 1.165) is 18.4 Å². The molecule has 2 amide bonds. The third-order valence-electron chi connectivity index (χ3n) is 3.44. The van der Waals surface area contributed by atoms with Crippen LogP contribution in [0, 0.1) is 0 Å². The molecular weight excluding hydrogens is 272 g/mol. The second-order valence-electron chi connectivity index (χ2n) is 5.10. The van der Waals surface area contributed by atoms with E-state index in [2.05, 4.69) is 10.6 Å². The molecule has 1 aliphatic rings. The molecule has 0 saturated carbocycles. The average Bonchev–Trinajstić information content (AvgIpc) is 2.81. The normalized spacial score (nSPS) is 14.2. The molecule has 1 aromatic carbocycles. The molecule has 1 atom stereocenters. The second-order valence-corrected chi connectivity index (χ2v) is 5.10. The Balaban J connectivity index is 2.07. The maximum absolute atomic E-state index is 12.1. The van der Waals surface area contributed by atoms with E-state index < -0.39 is 17.9 Å². The Morgan fingerprint density at radius 1 is 1.43 bits per heavy atom. The number of fused-ring (bicyclic) bond motifs is 1. The van der Waals surface area contributed by atoms with Gasteiger partial charge in [-0.15, -0.1) is 0 Å². The number of nitrogens with one attached hydrogen (secondary N) is 2. The summed E-state index contributed by atoms with van der Waals surface area (Å²) in [6.07, 6.45) is 2.25. The van der Waals surface area contributed by atoms with E-state index in [4.69, 9.17) is 5.11 Å². The van der Waals surface area contributed by atoms with Gasteiger partial charge in [0, 0.05) is 11.3 Å². The molecule has 0 aliphatic carbocycles. The number of amides is 2. The number of carboxylic acid groups (broad SMARTS) is 1. The summed E-state index contributed by atoms with van der Waals surface area (Å²) in [5, 5.41) is 14.3. The van der Waals surface area contributed by atoms with E-state index >= 15 is 0 Å². The van der Waals surface area contributed by atoms with Crippen molar-refractivity contribution in [2.24, 2.45) is 0 Å². The fourth-order valence-electron chi connectivity index (χ4n) is 2.28. The van der Waals surface area contributed by atoms with Gasteiger partial charge in [-0.1, -0.05) is 19.8 Å². The summed E-state index contributed by atoms with van der Waals surface area (Å²) in [5.41, 5.74) is 1.83. The lowest BCUT2D eigenvalue weighted by molar-refractivity contribution is -0.139. The molecule has 1 aliphatic heterocycles. The maximum atomic E-state index is 12.1. The first-order chi connectivity index (χ1) is 10.0. The zero-order chi connectivity index (χ0) is 15.4. The number of carbonyl (C=O) groups is 3. The van der Waals surface area contributed by atoms with Crippen LogP contribution in [0.4, 0.5) is 5.69 Å². The topological polar surface area (TPSA) is 95.5 Å². The summed E-state index contributed by atoms with van der Waals surface area (Å²) in [6, 6.07) is 3.99. The van der Waals surface area contributed by atoms with Gasteiger partial charge in [-0.25, -0.2) is 4.79 Å². The van der Waals surface area contributed by atoms with Gasteiger partial charge in [-0.05, 0) is 30.2 Å². The predicted molar refractivity (Wildman–Crippen MR) is 77.2 cm³/mol. The molecular formula is C15H18N2O4. The Morgan fingerprint density at radius 3 is 2.86 bits per heavy atom. The molecule has 21 heavy (non-hydrogen) atoms. The van der Waals surface area contributed by atoms with E-state index in [-0.39, 0.29) is 12.3 Å². The van der Waals surface area contributed by atoms with E-state index in [0.29, 0.717) is 17.7 Å². The minimum absolute atomic E-state index is 0.103. The highest BCUT2D eigenvalue weighted by Gasteiger charge is 2.22. The predicted octanol–water partition coefficient (Wildman–Crippen LogP) is 1.55. The minimum Gasteiger partial charge on any atom is -0.480 e. The van der Waals surface area contributed by atoms with Crippen molar-refractivity contribution in [3.63, 3.8) is 0 Å². The largest absolute Gasteiger partial charge is 0.480 e. The van der Waals surface area contributed by atoms with Crippen LogP contribution >= 0.6 is 0 Å². The number of hydrogen-bond acceptors (Lipinski definition) is 3. The summed E-state index contributed by atoms with van der Waals surface area (Å²) >= 11 is 0. The van der Waals surface area contributed by atoms with Gasteiger partial charge < -0.3 is 15.7 Å². The smallest absolute Gasteiger partial charge is 0.326 e. The van der Waals surface area contributed by atoms with Gasteiger partial charge in [0.25, 0.3) is 5.91 Å². The van der Waals surface area contributed by atoms with Crippen molar-refractivity contribution >= 4 is 23.5 Å². The Kier molecular flexibility index (Phi) is 4.57. The minimum atomic E-state index is -1.03. The van der Waals surface area contributed by atoms with Gasteiger partial charge in [0.05, 0.1) is 6.42 Å². The zero-order valence-corrected chi connectivity index (χ0v) is 11.8. The second kappa shape index (κ2) is 6.39. The van der Waals surface area contributed by atoms with Crippen LogP contribution in [-0.2, 0) is 16.0 Å². The first kappa shape index (κ1) is 15.0. The number of anilines is 1. The fraction of sp³-hybridized carbons (Fsp3) is 0.400.